The van der Waals surface area contributed by atoms with Crippen LogP contribution in [0.5, 0.6) is 0 Å². The van der Waals surface area contributed by atoms with Crippen molar-refractivity contribution in [2.24, 2.45) is 0 Å². The molecule has 0 amide bonds. The molecule has 0 aliphatic heterocycles. The molecule has 0 aliphatic rings. The zero-order valence-electron chi connectivity index (χ0n) is 36.3. The van der Waals surface area contributed by atoms with Crippen LogP contribution in [0.15, 0.2) is 267 Å². The van der Waals surface area contributed by atoms with Gasteiger partial charge >= 0.3 is 0 Å². The van der Waals surface area contributed by atoms with Crippen LogP contribution in [0.4, 0.5) is 17.1 Å². The fourth-order valence-electron chi connectivity index (χ4n) is 9.77. The standard InChI is InChI=1S/C64H44N2/c1-4-16-45(17-5-1)47-30-32-48(33-31-47)49-34-38-56(39-35-49)65(57-40-36-50(37-41-57)52-22-14-21-51(42-52)46-18-6-2-7-19-46)58-26-15-23-53(43-58)61-44-54-20-10-11-27-59(54)64-63(61)60-28-12-13-29-62(60)66(64)55-24-8-3-9-25-55/h1-44H. The molecular formula is C64H44N2. The van der Waals surface area contributed by atoms with Gasteiger partial charge in [-0.15, -0.1) is 0 Å². The Labute approximate surface area is 385 Å². The van der Waals surface area contributed by atoms with Crippen LogP contribution in [0.3, 0.4) is 0 Å². The number of rotatable bonds is 9. The predicted molar refractivity (Wildman–Crippen MR) is 280 cm³/mol. The van der Waals surface area contributed by atoms with Gasteiger partial charge in [0.1, 0.15) is 0 Å². The first-order valence-electron chi connectivity index (χ1n) is 22.7. The molecule has 0 aliphatic carbocycles. The molecule has 0 fully saturated rings. The third kappa shape index (κ3) is 7.12. The minimum Gasteiger partial charge on any atom is -0.310 e. The molecule has 2 heteroatoms. The number of hydrogen-bond acceptors (Lipinski definition) is 1. The molecule has 12 rings (SSSR count). The molecule has 1 heterocycles. The molecule has 12 aromatic rings. The molecule has 0 spiro atoms. The Morgan fingerprint density at radius 2 is 0.712 bits per heavy atom. The maximum absolute atomic E-state index is 2.44. The van der Waals surface area contributed by atoms with Gasteiger partial charge in [-0.05, 0) is 128 Å². The summed E-state index contributed by atoms with van der Waals surface area (Å²) < 4.78 is 2.44. The van der Waals surface area contributed by atoms with Gasteiger partial charge in [0, 0.05) is 38.9 Å². The lowest BCUT2D eigenvalue weighted by molar-refractivity contribution is 1.19. The van der Waals surface area contributed by atoms with E-state index < -0.39 is 0 Å². The van der Waals surface area contributed by atoms with E-state index in [-0.39, 0.29) is 0 Å². The zero-order valence-corrected chi connectivity index (χ0v) is 36.3. The summed E-state index contributed by atoms with van der Waals surface area (Å²) in [7, 11) is 0. The van der Waals surface area contributed by atoms with E-state index in [4.69, 9.17) is 0 Å². The van der Waals surface area contributed by atoms with Crippen LogP contribution >= 0.6 is 0 Å². The van der Waals surface area contributed by atoms with Crippen LogP contribution in [-0.2, 0) is 0 Å². The Balaban J connectivity index is 0.991. The lowest BCUT2D eigenvalue weighted by atomic mass is 9.94. The maximum atomic E-state index is 2.44. The molecule has 2 nitrogen and oxygen atoms in total. The second-order valence-electron chi connectivity index (χ2n) is 16.9. The van der Waals surface area contributed by atoms with Crippen molar-refractivity contribution in [1.29, 1.82) is 0 Å². The van der Waals surface area contributed by atoms with E-state index in [9.17, 15) is 0 Å². The zero-order chi connectivity index (χ0) is 43.8. The number of fused-ring (bicyclic) bond motifs is 5. The molecule has 1 aromatic heterocycles. The van der Waals surface area contributed by atoms with Gasteiger partial charge in [-0.25, -0.2) is 0 Å². The summed E-state index contributed by atoms with van der Waals surface area (Å²) in [6.07, 6.45) is 0. The summed E-state index contributed by atoms with van der Waals surface area (Å²) in [5.41, 5.74) is 18.8. The maximum Gasteiger partial charge on any atom is 0.0625 e. The van der Waals surface area contributed by atoms with E-state index in [0.717, 1.165) is 28.3 Å². The van der Waals surface area contributed by atoms with Gasteiger partial charge in [-0.3, -0.25) is 0 Å². The molecule has 0 bridgehead atoms. The van der Waals surface area contributed by atoms with E-state index in [1.165, 1.54) is 82.6 Å². The van der Waals surface area contributed by atoms with Crippen LogP contribution in [-0.4, -0.2) is 4.57 Å². The molecule has 310 valence electrons. The van der Waals surface area contributed by atoms with Crippen molar-refractivity contribution in [2.75, 3.05) is 4.90 Å². The molecular weight excluding hydrogens is 797 g/mol. The topological polar surface area (TPSA) is 8.17 Å². The molecule has 0 saturated carbocycles. The molecule has 0 N–H and O–H groups in total. The van der Waals surface area contributed by atoms with Crippen molar-refractivity contribution >= 4 is 49.6 Å². The lowest BCUT2D eigenvalue weighted by Gasteiger charge is -2.26. The number of anilines is 3. The summed E-state index contributed by atoms with van der Waals surface area (Å²) in [6.45, 7) is 0. The Kier molecular flexibility index (Phi) is 9.89. The van der Waals surface area contributed by atoms with Crippen molar-refractivity contribution in [3.05, 3.63) is 267 Å². The number of aromatic nitrogens is 1. The predicted octanol–water partition coefficient (Wildman–Crippen LogP) is 17.7. The van der Waals surface area contributed by atoms with Crippen LogP contribution in [0.1, 0.15) is 0 Å². The average molecular weight is 841 g/mol. The van der Waals surface area contributed by atoms with Crippen molar-refractivity contribution in [3.8, 4) is 61.3 Å². The number of para-hydroxylation sites is 2. The average Bonchev–Trinajstić information content (AvgIpc) is 3.76. The normalized spacial score (nSPS) is 11.3. The summed E-state index contributed by atoms with van der Waals surface area (Å²) in [4.78, 5) is 2.39. The van der Waals surface area contributed by atoms with Crippen LogP contribution in [0, 0.1) is 0 Å². The highest BCUT2D eigenvalue weighted by atomic mass is 15.1. The van der Waals surface area contributed by atoms with Crippen LogP contribution < -0.4 is 4.90 Å². The molecule has 66 heavy (non-hydrogen) atoms. The van der Waals surface area contributed by atoms with Crippen LogP contribution in [0.25, 0.3) is 93.9 Å². The highest BCUT2D eigenvalue weighted by Gasteiger charge is 2.21. The summed E-state index contributed by atoms with van der Waals surface area (Å²) in [5.74, 6) is 0. The second kappa shape index (κ2) is 16.8. The largest absolute Gasteiger partial charge is 0.310 e. The van der Waals surface area contributed by atoms with E-state index in [0.29, 0.717) is 0 Å². The molecule has 11 aromatic carbocycles. The first-order chi connectivity index (χ1) is 32.7. The SMILES string of the molecule is c1ccc(-c2ccc(-c3ccc(N(c4ccc(-c5cccc(-c6ccccc6)c5)cc4)c4cccc(-c5cc6ccccc6c6c5c5ccccc5n6-c5ccccc5)c4)cc3)cc2)cc1. The quantitative estimate of drug-likeness (QED) is 0.141. The molecule has 0 saturated heterocycles. The highest BCUT2D eigenvalue weighted by molar-refractivity contribution is 6.24. The number of nitrogens with zero attached hydrogens (tertiary/aromatic N) is 2. The number of benzene rings is 11. The minimum atomic E-state index is 1.08. The van der Waals surface area contributed by atoms with E-state index >= 15 is 0 Å². The lowest BCUT2D eigenvalue weighted by Crippen LogP contribution is -2.10. The summed E-state index contributed by atoms with van der Waals surface area (Å²) >= 11 is 0. The van der Waals surface area contributed by atoms with Gasteiger partial charge in [-0.2, -0.15) is 0 Å². The second-order valence-corrected chi connectivity index (χ2v) is 16.9. The van der Waals surface area contributed by atoms with E-state index in [1.807, 2.05) is 0 Å². The van der Waals surface area contributed by atoms with Gasteiger partial charge in [-0.1, -0.05) is 200 Å². The smallest absolute Gasteiger partial charge is 0.0625 e. The van der Waals surface area contributed by atoms with Gasteiger partial charge in [0.25, 0.3) is 0 Å². The van der Waals surface area contributed by atoms with Gasteiger partial charge in [0.2, 0.25) is 0 Å². The summed E-state index contributed by atoms with van der Waals surface area (Å²) in [5, 5.41) is 4.93. The van der Waals surface area contributed by atoms with Crippen molar-refractivity contribution in [3.63, 3.8) is 0 Å². The van der Waals surface area contributed by atoms with Crippen molar-refractivity contribution in [1.82, 2.24) is 4.57 Å². The fraction of sp³-hybridized carbons (Fsp3) is 0. The third-order valence-corrected chi connectivity index (χ3v) is 13.0. The van der Waals surface area contributed by atoms with Gasteiger partial charge < -0.3 is 9.47 Å². The Hall–Kier alpha value is -8.72. The fourth-order valence-corrected chi connectivity index (χ4v) is 9.77. The summed E-state index contributed by atoms with van der Waals surface area (Å²) in [6, 6.07) is 96.8. The molecule has 0 atom stereocenters. The van der Waals surface area contributed by atoms with E-state index in [1.54, 1.807) is 0 Å². The number of hydrogen-bond donors (Lipinski definition) is 0. The molecule has 0 unspecified atom stereocenters. The highest BCUT2D eigenvalue weighted by Crippen LogP contribution is 2.45. The van der Waals surface area contributed by atoms with Crippen molar-refractivity contribution in [2.45, 2.75) is 0 Å². The Morgan fingerprint density at radius 3 is 1.33 bits per heavy atom. The first kappa shape index (κ1) is 38.9. The third-order valence-electron chi connectivity index (χ3n) is 13.0. The molecule has 0 radical (unpaired) electrons. The van der Waals surface area contributed by atoms with Gasteiger partial charge in [0.15, 0.2) is 0 Å². The van der Waals surface area contributed by atoms with Gasteiger partial charge in [0.05, 0.1) is 11.0 Å². The first-order valence-corrected chi connectivity index (χ1v) is 22.7. The van der Waals surface area contributed by atoms with Crippen LogP contribution in [0.2, 0.25) is 0 Å². The monoisotopic (exact) mass is 840 g/mol. The van der Waals surface area contributed by atoms with Crippen molar-refractivity contribution < 1.29 is 0 Å². The van der Waals surface area contributed by atoms with E-state index in [2.05, 4.69) is 276 Å². The Bertz CT molecular complexity index is 3650. The Morgan fingerprint density at radius 1 is 0.273 bits per heavy atom. The minimum absolute atomic E-state index is 1.08.